The Kier molecular flexibility index (Phi) is 5.63. The standard InChI is InChI=1S/C25H25NO3/c1-2-23-21-10-6-7-11-22(21)25(28)26(23)24(16-27)19-12-14-20(15-13-19)29-17-18-8-4-3-5-9-18/h3-15,23-24,27H,2,16-17H2,1H3/t23-,24+/m1/s1. The van der Waals surface area contributed by atoms with E-state index in [1.165, 1.54) is 0 Å². The van der Waals surface area contributed by atoms with Crippen molar-refractivity contribution in [2.24, 2.45) is 0 Å². The molecule has 0 spiro atoms. The van der Waals surface area contributed by atoms with Gasteiger partial charge in [0.05, 0.1) is 18.7 Å². The highest BCUT2D eigenvalue weighted by atomic mass is 16.5. The monoisotopic (exact) mass is 387 g/mol. The van der Waals surface area contributed by atoms with Crippen LogP contribution in [-0.2, 0) is 6.61 Å². The van der Waals surface area contributed by atoms with Crippen LogP contribution in [0.1, 0.15) is 52.5 Å². The summed E-state index contributed by atoms with van der Waals surface area (Å²) >= 11 is 0. The molecule has 3 aromatic rings. The average molecular weight is 387 g/mol. The third kappa shape index (κ3) is 3.76. The molecule has 1 aliphatic rings. The molecule has 1 N–H and O–H groups in total. The number of amides is 1. The number of nitrogens with zero attached hydrogens (tertiary/aromatic N) is 1. The maximum absolute atomic E-state index is 13.1. The molecular weight excluding hydrogens is 362 g/mol. The summed E-state index contributed by atoms with van der Waals surface area (Å²) in [4.78, 5) is 14.9. The van der Waals surface area contributed by atoms with Crippen molar-refractivity contribution in [3.05, 3.63) is 101 Å². The molecular formula is C25H25NO3. The molecule has 4 heteroatoms. The van der Waals surface area contributed by atoms with Crippen LogP contribution >= 0.6 is 0 Å². The summed E-state index contributed by atoms with van der Waals surface area (Å²) in [5, 5.41) is 10.1. The molecule has 0 aromatic heterocycles. The third-order valence-electron chi connectivity index (χ3n) is 5.53. The van der Waals surface area contributed by atoms with Crippen LogP contribution in [-0.4, -0.2) is 22.5 Å². The van der Waals surface area contributed by atoms with E-state index in [1.807, 2.05) is 83.8 Å². The molecule has 148 valence electrons. The normalized spacial score (nSPS) is 16.6. The Bertz CT molecular complexity index is 969. The van der Waals surface area contributed by atoms with Gasteiger partial charge in [-0.05, 0) is 41.3 Å². The number of rotatable bonds is 7. The van der Waals surface area contributed by atoms with E-state index in [-0.39, 0.29) is 24.6 Å². The smallest absolute Gasteiger partial charge is 0.255 e. The lowest BCUT2D eigenvalue weighted by atomic mass is 10.0. The van der Waals surface area contributed by atoms with Gasteiger partial charge in [0.25, 0.3) is 5.91 Å². The van der Waals surface area contributed by atoms with Crippen LogP contribution in [0.3, 0.4) is 0 Å². The van der Waals surface area contributed by atoms with Crippen molar-refractivity contribution in [3.63, 3.8) is 0 Å². The van der Waals surface area contributed by atoms with Crippen molar-refractivity contribution >= 4 is 5.91 Å². The molecule has 0 bridgehead atoms. The van der Waals surface area contributed by atoms with E-state index in [4.69, 9.17) is 4.74 Å². The van der Waals surface area contributed by atoms with Crippen molar-refractivity contribution in [1.82, 2.24) is 4.90 Å². The van der Waals surface area contributed by atoms with Crippen molar-refractivity contribution in [3.8, 4) is 5.75 Å². The SMILES string of the molecule is CC[C@@H]1c2ccccc2C(=O)N1[C@@H](CO)c1ccc(OCc2ccccc2)cc1. The average Bonchev–Trinajstić information content (AvgIpc) is 3.06. The second kappa shape index (κ2) is 8.50. The molecule has 0 saturated heterocycles. The fraction of sp³-hybridized carbons (Fsp3) is 0.240. The molecule has 0 saturated carbocycles. The summed E-state index contributed by atoms with van der Waals surface area (Å²) in [5.41, 5.74) is 3.79. The lowest BCUT2D eigenvalue weighted by Gasteiger charge is -2.32. The lowest BCUT2D eigenvalue weighted by molar-refractivity contribution is 0.0511. The summed E-state index contributed by atoms with van der Waals surface area (Å²) in [6.45, 7) is 2.45. The number of ether oxygens (including phenoxy) is 1. The van der Waals surface area contributed by atoms with Gasteiger partial charge in [-0.15, -0.1) is 0 Å². The second-order valence-electron chi connectivity index (χ2n) is 7.27. The highest BCUT2D eigenvalue weighted by Crippen LogP contribution is 2.41. The minimum atomic E-state index is -0.386. The molecule has 0 aliphatic carbocycles. The van der Waals surface area contributed by atoms with E-state index in [2.05, 4.69) is 6.92 Å². The first-order chi connectivity index (χ1) is 14.2. The van der Waals surface area contributed by atoms with Crippen LogP contribution < -0.4 is 4.74 Å². The highest BCUT2D eigenvalue weighted by molar-refractivity contribution is 5.99. The number of carbonyl (C=O) groups is 1. The molecule has 0 fully saturated rings. The van der Waals surface area contributed by atoms with Crippen molar-refractivity contribution in [2.45, 2.75) is 32.0 Å². The Labute approximate surface area is 171 Å². The number of benzene rings is 3. The number of fused-ring (bicyclic) bond motifs is 1. The van der Waals surface area contributed by atoms with Gasteiger partial charge in [-0.1, -0.05) is 67.6 Å². The van der Waals surface area contributed by atoms with Gasteiger partial charge < -0.3 is 14.7 Å². The number of aliphatic hydroxyl groups is 1. The molecule has 29 heavy (non-hydrogen) atoms. The first-order valence-corrected chi connectivity index (χ1v) is 10.0. The molecule has 1 aliphatic heterocycles. The lowest BCUT2D eigenvalue weighted by Crippen LogP contribution is -2.34. The maximum atomic E-state index is 13.1. The summed E-state index contributed by atoms with van der Waals surface area (Å²) < 4.78 is 5.86. The van der Waals surface area contributed by atoms with E-state index >= 15 is 0 Å². The number of hydrogen-bond donors (Lipinski definition) is 1. The molecule has 0 radical (unpaired) electrons. The van der Waals surface area contributed by atoms with Gasteiger partial charge in [0.1, 0.15) is 12.4 Å². The molecule has 1 amide bonds. The Balaban J connectivity index is 1.53. The van der Waals surface area contributed by atoms with Gasteiger partial charge in [-0.2, -0.15) is 0 Å². The first kappa shape index (κ1) is 19.2. The van der Waals surface area contributed by atoms with Gasteiger partial charge in [0.15, 0.2) is 0 Å². The summed E-state index contributed by atoms with van der Waals surface area (Å²) in [7, 11) is 0. The maximum Gasteiger partial charge on any atom is 0.255 e. The molecule has 4 rings (SSSR count). The van der Waals surface area contributed by atoms with Crippen LogP contribution in [0, 0.1) is 0 Å². The van der Waals surface area contributed by atoms with E-state index in [9.17, 15) is 9.90 Å². The van der Waals surface area contributed by atoms with Gasteiger partial charge in [0.2, 0.25) is 0 Å². The van der Waals surface area contributed by atoms with Crippen molar-refractivity contribution < 1.29 is 14.6 Å². The van der Waals surface area contributed by atoms with Crippen LogP contribution in [0.25, 0.3) is 0 Å². The third-order valence-corrected chi connectivity index (χ3v) is 5.53. The van der Waals surface area contributed by atoms with Gasteiger partial charge in [0, 0.05) is 5.56 Å². The quantitative estimate of drug-likeness (QED) is 0.627. The van der Waals surface area contributed by atoms with Crippen LogP contribution in [0.5, 0.6) is 5.75 Å². The van der Waals surface area contributed by atoms with Gasteiger partial charge in [-0.3, -0.25) is 4.79 Å². The molecule has 4 nitrogen and oxygen atoms in total. The summed E-state index contributed by atoms with van der Waals surface area (Å²) in [6.07, 6.45) is 0.803. The fourth-order valence-electron chi connectivity index (χ4n) is 4.07. The van der Waals surface area contributed by atoms with E-state index in [0.29, 0.717) is 6.61 Å². The largest absolute Gasteiger partial charge is 0.489 e. The van der Waals surface area contributed by atoms with Crippen molar-refractivity contribution in [2.75, 3.05) is 6.61 Å². The minimum absolute atomic E-state index is 0.0177. The highest BCUT2D eigenvalue weighted by Gasteiger charge is 2.39. The molecule has 0 unspecified atom stereocenters. The van der Waals surface area contributed by atoms with Gasteiger partial charge >= 0.3 is 0 Å². The van der Waals surface area contributed by atoms with Crippen LogP contribution in [0.2, 0.25) is 0 Å². The molecule has 2 atom stereocenters. The second-order valence-corrected chi connectivity index (χ2v) is 7.27. The number of hydrogen-bond acceptors (Lipinski definition) is 3. The predicted molar refractivity (Wildman–Crippen MR) is 113 cm³/mol. The van der Waals surface area contributed by atoms with E-state index in [1.54, 1.807) is 0 Å². The first-order valence-electron chi connectivity index (χ1n) is 10.0. The fourth-order valence-corrected chi connectivity index (χ4v) is 4.07. The zero-order chi connectivity index (χ0) is 20.2. The van der Waals surface area contributed by atoms with Crippen molar-refractivity contribution in [1.29, 1.82) is 0 Å². The summed E-state index contributed by atoms with van der Waals surface area (Å²) in [5.74, 6) is 0.744. The minimum Gasteiger partial charge on any atom is -0.489 e. The Morgan fingerprint density at radius 1 is 0.966 bits per heavy atom. The Hall–Kier alpha value is -3.11. The van der Waals surface area contributed by atoms with E-state index in [0.717, 1.165) is 34.4 Å². The van der Waals surface area contributed by atoms with Crippen LogP contribution in [0.15, 0.2) is 78.9 Å². The Morgan fingerprint density at radius 2 is 1.66 bits per heavy atom. The zero-order valence-electron chi connectivity index (χ0n) is 16.5. The van der Waals surface area contributed by atoms with Crippen LogP contribution in [0.4, 0.5) is 0 Å². The molecule has 1 heterocycles. The number of aliphatic hydroxyl groups excluding tert-OH is 1. The summed E-state index contributed by atoms with van der Waals surface area (Å²) in [6, 6.07) is 25.0. The Morgan fingerprint density at radius 3 is 2.34 bits per heavy atom. The molecule has 3 aromatic carbocycles. The van der Waals surface area contributed by atoms with Gasteiger partial charge in [-0.25, -0.2) is 0 Å². The zero-order valence-corrected chi connectivity index (χ0v) is 16.5. The predicted octanol–water partition coefficient (Wildman–Crippen LogP) is 4.91. The number of carbonyl (C=O) groups excluding carboxylic acids is 1. The topological polar surface area (TPSA) is 49.8 Å². The van der Waals surface area contributed by atoms with E-state index < -0.39 is 0 Å².